The van der Waals surface area contributed by atoms with E-state index in [-0.39, 0.29) is 0 Å². The number of guanidine groups is 1. The quantitative estimate of drug-likeness (QED) is 0.290. The second-order valence-electron chi connectivity index (χ2n) is 3.97. The summed E-state index contributed by atoms with van der Waals surface area (Å²) in [5.41, 5.74) is 2.64. The molecule has 0 spiro atoms. The summed E-state index contributed by atoms with van der Waals surface area (Å²) < 4.78 is 0. The van der Waals surface area contributed by atoms with Crippen molar-refractivity contribution in [2.75, 3.05) is 33.2 Å². The van der Waals surface area contributed by atoms with Crippen LogP contribution in [0.2, 0.25) is 0 Å². The Bertz CT molecular complexity index is 208. The molecule has 1 aliphatic heterocycles. The summed E-state index contributed by atoms with van der Waals surface area (Å²) in [6, 6.07) is 0.681. The first kappa shape index (κ1) is 12.3. The Hall–Kier alpha value is -0.810. The highest BCUT2D eigenvalue weighted by atomic mass is 15.4. The van der Waals surface area contributed by atoms with Crippen molar-refractivity contribution in [2.24, 2.45) is 10.8 Å². The van der Waals surface area contributed by atoms with Crippen LogP contribution in [0, 0.1) is 0 Å². The van der Waals surface area contributed by atoms with E-state index in [0.717, 1.165) is 32.1 Å². The normalized spacial score (nSPS) is 21.6. The van der Waals surface area contributed by atoms with Crippen molar-refractivity contribution < 1.29 is 0 Å². The van der Waals surface area contributed by atoms with E-state index < -0.39 is 0 Å². The smallest absolute Gasteiger partial charge is 0.208 e. The maximum atomic E-state index is 5.40. The first-order valence-electron chi connectivity index (χ1n) is 5.65. The van der Waals surface area contributed by atoms with Gasteiger partial charge in [0.25, 0.3) is 0 Å². The Morgan fingerprint density at radius 3 is 2.40 bits per heavy atom. The molecule has 3 N–H and O–H groups in total. The number of piperazine rings is 1. The molecule has 1 aliphatic rings. The number of hydrogen-bond acceptors (Lipinski definition) is 3. The summed E-state index contributed by atoms with van der Waals surface area (Å²) in [6.07, 6.45) is 1.21. The third kappa shape index (κ3) is 3.07. The van der Waals surface area contributed by atoms with Gasteiger partial charge in [-0.1, -0.05) is 6.92 Å². The average molecular weight is 213 g/mol. The zero-order chi connectivity index (χ0) is 11.3. The van der Waals surface area contributed by atoms with E-state index in [1.54, 1.807) is 7.05 Å². The van der Waals surface area contributed by atoms with Gasteiger partial charge in [-0.15, -0.1) is 0 Å². The highest BCUT2D eigenvalue weighted by Gasteiger charge is 2.21. The molecule has 15 heavy (non-hydrogen) atoms. The summed E-state index contributed by atoms with van der Waals surface area (Å²) in [4.78, 5) is 8.82. The lowest BCUT2D eigenvalue weighted by molar-refractivity contribution is 0.135. The summed E-state index contributed by atoms with van der Waals surface area (Å²) in [7, 11) is 1.76. The molecule has 5 heteroatoms. The molecule has 0 radical (unpaired) electrons. The Kier molecular flexibility index (Phi) is 4.84. The van der Waals surface area contributed by atoms with Gasteiger partial charge in [0, 0.05) is 39.3 Å². The van der Waals surface area contributed by atoms with Crippen LogP contribution >= 0.6 is 0 Å². The molecular formula is C10H23N5. The molecule has 1 rings (SSSR count). The monoisotopic (exact) mass is 213 g/mol. The van der Waals surface area contributed by atoms with E-state index in [2.05, 4.69) is 34.1 Å². The Labute approximate surface area is 92.3 Å². The Morgan fingerprint density at radius 2 is 2.00 bits per heavy atom. The van der Waals surface area contributed by atoms with E-state index in [1.807, 2.05) is 0 Å². The minimum Gasteiger partial charge on any atom is -0.339 e. The molecule has 0 saturated carbocycles. The SMILES string of the molecule is CCC(C)N1CCN(C(=NC)NN)CC1. The molecular weight excluding hydrogens is 190 g/mol. The molecule has 0 bridgehead atoms. The molecule has 0 amide bonds. The van der Waals surface area contributed by atoms with E-state index in [9.17, 15) is 0 Å². The molecule has 0 aromatic rings. The highest BCUT2D eigenvalue weighted by Crippen LogP contribution is 2.08. The van der Waals surface area contributed by atoms with Gasteiger partial charge in [0.15, 0.2) is 0 Å². The molecule has 1 unspecified atom stereocenters. The number of nitrogens with one attached hydrogen (secondary N) is 1. The fourth-order valence-corrected chi connectivity index (χ4v) is 1.93. The van der Waals surface area contributed by atoms with Crippen molar-refractivity contribution in [2.45, 2.75) is 26.3 Å². The van der Waals surface area contributed by atoms with Crippen molar-refractivity contribution in [3.05, 3.63) is 0 Å². The lowest BCUT2D eigenvalue weighted by Gasteiger charge is -2.38. The van der Waals surface area contributed by atoms with E-state index in [1.165, 1.54) is 6.42 Å². The van der Waals surface area contributed by atoms with Gasteiger partial charge in [-0.25, -0.2) is 5.84 Å². The minimum absolute atomic E-state index is 0.681. The van der Waals surface area contributed by atoms with Gasteiger partial charge >= 0.3 is 0 Å². The van der Waals surface area contributed by atoms with Gasteiger partial charge in [0.2, 0.25) is 5.96 Å². The van der Waals surface area contributed by atoms with Crippen molar-refractivity contribution in [1.29, 1.82) is 0 Å². The van der Waals surface area contributed by atoms with Crippen LogP contribution in [-0.2, 0) is 0 Å². The second kappa shape index (κ2) is 5.92. The topological polar surface area (TPSA) is 56.9 Å². The summed E-state index contributed by atoms with van der Waals surface area (Å²) in [6.45, 7) is 8.71. The molecule has 1 atom stereocenters. The molecule has 0 aliphatic carbocycles. The van der Waals surface area contributed by atoms with E-state index in [4.69, 9.17) is 5.84 Å². The van der Waals surface area contributed by atoms with Crippen molar-refractivity contribution >= 4 is 5.96 Å². The van der Waals surface area contributed by atoms with Gasteiger partial charge in [0.1, 0.15) is 0 Å². The van der Waals surface area contributed by atoms with Crippen LogP contribution in [0.3, 0.4) is 0 Å². The van der Waals surface area contributed by atoms with Gasteiger partial charge in [-0.3, -0.25) is 15.3 Å². The predicted molar refractivity (Wildman–Crippen MR) is 63.6 cm³/mol. The number of nitrogens with two attached hydrogens (primary N) is 1. The number of rotatable bonds is 2. The van der Waals surface area contributed by atoms with Crippen molar-refractivity contribution in [3.8, 4) is 0 Å². The summed E-state index contributed by atoms with van der Waals surface area (Å²) in [5, 5.41) is 0. The zero-order valence-corrected chi connectivity index (χ0v) is 10.0. The zero-order valence-electron chi connectivity index (χ0n) is 10.0. The molecule has 5 nitrogen and oxygen atoms in total. The molecule has 88 valence electrons. The van der Waals surface area contributed by atoms with Crippen LogP contribution in [-0.4, -0.2) is 55.0 Å². The predicted octanol–water partition coefficient (Wildman–Crippen LogP) is -0.148. The van der Waals surface area contributed by atoms with E-state index in [0.29, 0.717) is 6.04 Å². The van der Waals surface area contributed by atoms with Crippen LogP contribution in [0.1, 0.15) is 20.3 Å². The maximum Gasteiger partial charge on any atom is 0.208 e. The van der Waals surface area contributed by atoms with Crippen LogP contribution in [0.4, 0.5) is 0 Å². The summed E-state index contributed by atoms with van der Waals surface area (Å²) in [5.74, 6) is 6.19. The standard InChI is InChI=1S/C10H23N5/c1-4-9(2)14-5-7-15(8-6-14)10(12-3)13-11/h9H,4-8,11H2,1-3H3,(H,12,13). The van der Waals surface area contributed by atoms with Crippen LogP contribution < -0.4 is 11.3 Å². The number of nitrogens with zero attached hydrogens (tertiary/aromatic N) is 3. The molecule has 1 heterocycles. The van der Waals surface area contributed by atoms with Crippen molar-refractivity contribution in [1.82, 2.24) is 15.2 Å². The Morgan fingerprint density at radius 1 is 1.40 bits per heavy atom. The van der Waals surface area contributed by atoms with Gasteiger partial charge in [-0.2, -0.15) is 0 Å². The maximum absolute atomic E-state index is 5.40. The number of hydrazine groups is 1. The van der Waals surface area contributed by atoms with E-state index >= 15 is 0 Å². The number of hydrogen-bond donors (Lipinski definition) is 2. The first-order valence-corrected chi connectivity index (χ1v) is 5.65. The second-order valence-corrected chi connectivity index (χ2v) is 3.97. The first-order chi connectivity index (χ1) is 7.22. The lowest BCUT2D eigenvalue weighted by Crippen LogP contribution is -2.55. The van der Waals surface area contributed by atoms with Crippen LogP contribution in [0.25, 0.3) is 0 Å². The fourth-order valence-electron chi connectivity index (χ4n) is 1.93. The van der Waals surface area contributed by atoms with Crippen LogP contribution in [0.15, 0.2) is 4.99 Å². The largest absolute Gasteiger partial charge is 0.339 e. The van der Waals surface area contributed by atoms with Gasteiger partial charge < -0.3 is 4.90 Å². The third-order valence-corrected chi connectivity index (χ3v) is 3.17. The lowest BCUT2D eigenvalue weighted by atomic mass is 10.2. The number of aliphatic imine (C=N–C) groups is 1. The van der Waals surface area contributed by atoms with Crippen molar-refractivity contribution in [3.63, 3.8) is 0 Å². The van der Waals surface area contributed by atoms with Crippen LogP contribution in [0.5, 0.6) is 0 Å². The Balaban J connectivity index is 2.42. The third-order valence-electron chi connectivity index (χ3n) is 3.17. The average Bonchev–Trinajstić information content (AvgIpc) is 2.30. The van der Waals surface area contributed by atoms with Gasteiger partial charge in [0.05, 0.1) is 0 Å². The summed E-state index contributed by atoms with van der Waals surface area (Å²) >= 11 is 0. The molecule has 1 saturated heterocycles. The molecule has 0 aromatic heterocycles. The highest BCUT2D eigenvalue weighted by molar-refractivity contribution is 5.79. The molecule has 1 fully saturated rings. The van der Waals surface area contributed by atoms with Gasteiger partial charge in [-0.05, 0) is 13.3 Å². The molecule has 0 aromatic carbocycles. The fraction of sp³-hybridized carbons (Fsp3) is 0.900. The minimum atomic E-state index is 0.681.